The quantitative estimate of drug-likeness (QED) is 0.528. The highest BCUT2D eigenvalue weighted by atomic mass is 32.2. The number of β-amino-alcohol motifs (C(OH)–C–C–N with tert-alkyl or cyclic N) is 1. The standard InChI is InChI=1S/C22H22N2O7S/c1-13-7-8-16(9-14(13)2)32(29,30)24-11-15(25)10-19(24)22(28)31-12-23-20(26)17-5-3-4-6-18(17)21(23)27/h3-9,15,19,25H,10-12H2,1-2H3. The maximum Gasteiger partial charge on any atom is 0.326 e. The number of amides is 2. The summed E-state index contributed by atoms with van der Waals surface area (Å²) in [5.74, 6) is -2.13. The third-order valence-corrected chi connectivity index (χ3v) is 7.68. The molecule has 9 nitrogen and oxygen atoms in total. The lowest BCUT2D eigenvalue weighted by atomic mass is 10.1. The molecule has 0 aromatic heterocycles. The summed E-state index contributed by atoms with van der Waals surface area (Å²) in [4.78, 5) is 38.4. The molecule has 2 aliphatic rings. The first kappa shape index (κ1) is 22.1. The molecule has 1 N–H and O–H groups in total. The number of aliphatic hydroxyl groups excluding tert-OH is 1. The van der Waals surface area contributed by atoms with Crippen molar-refractivity contribution in [1.82, 2.24) is 9.21 Å². The Labute approximate surface area is 185 Å². The zero-order valence-corrected chi connectivity index (χ0v) is 18.3. The van der Waals surface area contributed by atoms with E-state index in [1.807, 2.05) is 6.92 Å². The summed E-state index contributed by atoms with van der Waals surface area (Å²) < 4.78 is 32.4. The number of hydrogen-bond acceptors (Lipinski definition) is 7. The first-order chi connectivity index (χ1) is 15.1. The Kier molecular flexibility index (Phi) is 5.61. The Bertz CT molecular complexity index is 1190. The third kappa shape index (κ3) is 3.70. The van der Waals surface area contributed by atoms with Gasteiger partial charge in [0.2, 0.25) is 10.0 Å². The molecule has 0 spiro atoms. The highest BCUT2D eigenvalue weighted by Crippen LogP contribution is 2.29. The molecule has 2 aromatic carbocycles. The van der Waals surface area contributed by atoms with Gasteiger partial charge in [-0.2, -0.15) is 4.31 Å². The van der Waals surface area contributed by atoms with Crippen molar-refractivity contribution in [3.05, 3.63) is 64.7 Å². The number of sulfonamides is 1. The normalized spacial score (nSPS) is 21.2. The monoisotopic (exact) mass is 458 g/mol. The third-order valence-electron chi connectivity index (χ3n) is 5.80. The Morgan fingerprint density at radius 3 is 2.28 bits per heavy atom. The minimum Gasteiger partial charge on any atom is -0.442 e. The molecule has 168 valence electrons. The number of aliphatic hydroxyl groups is 1. The Hall–Kier alpha value is -3.08. The molecule has 4 rings (SSSR count). The molecule has 1 fully saturated rings. The van der Waals surface area contributed by atoms with E-state index in [9.17, 15) is 27.9 Å². The van der Waals surface area contributed by atoms with Gasteiger partial charge in [0, 0.05) is 13.0 Å². The minimum atomic E-state index is -4.08. The molecule has 2 aliphatic heterocycles. The van der Waals surface area contributed by atoms with Gasteiger partial charge in [-0.1, -0.05) is 18.2 Å². The zero-order chi connectivity index (χ0) is 23.2. The predicted molar refractivity (Wildman–Crippen MR) is 112 cm³/mol. The van der Waals surface area contributed by atoms with Crippen LogP contribution in [0.25, 0.3) is 0 Å². The van der Waals surface area contributed by atoms with E-state index in [0.29, 0.717) is 0 Å². The number of hydrogen-bond donors (Lipinski definition) is 1. The summed E-state index contributed by atoms with van der Waals surface area (Å²) >= 11 is 0. The van der Waals surface area contributed by atoms with E-state index in [0.717, 1.165) is 20.3 Å². The van der Waals surface area contributed by atoms with E-state index >= 15 is 0 Å². The van der Waals surface area contributed by atoms with Crippen LogP contribution in [0.15, 0.2) is 47.4 Å². The van der Waals surface area contributed by atoms with Crippen molar-refractivity contribution < 1.29 is 32.6 Å². The van der Waals surface area contributed by atoms with Crippen LogP contribution in [-0.4, -0.2) is 65.9 Å². The Morgan fingerprint density at radius 1 is 1.06 bits per heavy atom. The van der Waals surface area contributed by atoms with Gasteiger partial charge in [0.25, 0.3) is 11.8 Å². The van der Waals surface area contributed by atoms with Gasteiger partial charge in [0.15, 0.2) is 6.73 Å². The lowest BCUT2D eigenvalue weighted by molar-refractivity contribution is -0.150. The average Bonchev–Trinajstić information content (AvgIpc) is 3.27. The molecular weight excluding hydrogens is 436 g/mol. The van der Waals surface area contributed by atoms with E-state index in [2.05, 4.69) is 0 Å². The molecule has 2 atom stereocenters. The zero-order valence-electron chi connectivity index (χ0n) is 17.5. The van der Waals surface area contributed by atoms with Gasteiger partial charge in [-0.05, 0) is 49.2 Å². The lowest BCUT2D eigenvalue weighted by Gasteiger charge is -2.23. The smallest absolute Gasteiger partial charge is 0.326 e. The molecule has 0 saturated carbocycles. The van der Waals surface area contributed by atoms with Crippen LogP contribution in [-0.2, 0) is 19.6 Å². The van der Waals surface area contributed by atoms with Gasteiger partial charge in [0.05, 0.1) is 22.1 Å². The molecule has 0 aliphatic carbocycles. The van der Waals surface area contributed by atoms with Gasteiger partial charge in [-0.15, -0.1) is 0 Å². The summed E-state index contributed by atoms with van der Waals surface area (Å²) in [6.45, 7) is 2.73. The van der Waals surface area contributed by atoms with E-state index in [4.69, 9.17) is 4.74 Å². The number of benzene rings is 2. The van der Waals surface area contributed by atoms with Gasteiger partial charge < -0.3 is 9.84 Å². The average molecular weight is 458 g/mol. The number of nitrogens with zero attached hydrogens (tertiary/aromatic N) is 2. The van der Waals surface area contributed by atoms with Gasteiger partial charge in [-0.3, -0.25) is 14.4 Å². The highest BCUT2D eigenvalue weighted by molar-refractivity contribution is 7.89. The number of imide groups is 1. The van der Waals surface area contributed by atoms with Crippen molar-refractivity contribution >= 4 is 27.8 Å². The number of carbonyl (C=O) groups excluding carboxylic acids is 3. The van der Waals surface area contributed by atoms with Crippen molar-refractivity contribution in [2.75, 3.05) is 13.3 Å². The molecule has 2 heterocycles. The molecule has 10 heteroatoms. The second-order valence-electron chi connectivity index (χ2n) is 7.90. The molecule has 2 aromatic rings. The summed E-state index contributed by atoms with van der Waals surface area (Å²) in [6, 6.07) is 9.60. The van der Waals surface area contributed by atoms with E-state index in [-0.39, 0.29) is 29.0 Å². The van der Waals surface area contributed by atoms with E-state index in [1.165, 1.54) is 24.3 Å². The van der Waals surface area contributed by atoms with Crippen LogP contribution in [0.3, 0.4) is 0 Å². The topological polar surface area (TPSA) is 121 Å². The van der Waals surface area contributed by atoms with Crippen molar-refractivity contribution in [3.8, 4) is 0 Å². The molecule has 32 heavy (non-hydrogen) atoms. The SMILES string of the molecule is Cc1ccc(S(=O)(=O)N2CC(O)CC2C(=O)OCN2C(=O)c3ccccc3C2=O)cc1C. The number of aryl methyl sites for hydroxylation is 2. The largest absolute Gasteiger partial charge is 0.442 e. The number of fused-ring (bicyclic) bond motifs is 1. The van der Waals surface area contributed by atoms with Crippen LogP contribution < -0.4 is 0 Å². The van der Waals surface area contributed by atoms with Crippen molar-refractivity contribution in [2.24, 2.45) is 0 Å². The van der Waals surface area contributed by atoms with Crippen molar-refractivity contribution in [1.29, 1.82) is 0 Å². The van der Waals surface area contributed by atoms with Crippen LogP contribution in [0.1, 0.15) is 38.3 Å². The van der Waals surface area contributed by atoms with Crippen LogP contribution in [0.2, 0.25) is 0 Å². The van der Waals surface area contributed by atoms with Crippen molar-refractivity contribution in [3.63, 3.8) is 0 Å². The maximum atomic E-state index is 13.2. The first-order valence-electron chi connectivity index (χ1n) is 10.0. The summed E-state index contributed by atoms with van der Waals surface area (Å²) in [5, 5.41) is 10.1. The second-order valence-corrected chi connectivity index (χ2v) is 9.79. The highest BCUT2D eigenvalue weighted by Gasteiger charge is 2.45. The fraction of sp³-hybridized carbons (Fsp3) is 0.318. The summed E-state index contributed by atoms with van der Waals surface area (Å²) in [7, 11) is -4.08. The van der Waals surface area contributed by atoms with Crippen LogP contribution in [0, 0.1) is 13.8 Å². The molecular formula is C22H22N2O7S. The fourth-order valence-electron chi connectivity index (χ4n) is 3.85. The van der Waals surface area contributed by atoms with Crippen LogP contribution >= 0.6 is 0 Å². The predicted octanol–water partition coefficient (Wildman–Crippen LogP) is 1.22. The Balaban J connectivity index is 1.51. The lowest BCUT2D eigenvalue weighted by Crippen LogP contribution is -2.43. The van der Waals surface area contributed by atoms with E-state index in [1.54, 1.807) is 25.1 Å². The fourth-order valence-corrected chi connectivity index (χ4v) is 5.57. The number of esters is 1. The second kappa shape index (κ2) is 8.12. The molecule has 1 saturated heterocycles. The molecule has 2 unspecified atom stereocenters. The number of carbonyl (C=O) groups is 3. The molecule has 2 amide bonds. The minimum absolute atomic E-state index is 0.00727. The number of ether oxygens (including phenoxy) is 1. The summed E-state index contributed by atoms with van der Waals surface area (Å²) in [5.41, 5.74) is 2.12. The van der Waals surface area contributed by atoms with Crippen LogP contribution in [0.4, 0.5) is 0 Å². The summed E-state index contributed by atoms with van der Waals surface area (Å²) in [6.07, 6.45) is -1.20. The van der Waals surface area contributed by atoms with Gasteiger partial charge in [0.1, 0.15) is 6.04 Å². The first-order valence-corrected chi connectivity index (χ1v) is 11.4. The van der Waals surface area contributed by atoms with Gasteiger partial charge in [-0.25, -0.2) is 13.3 Å². The molecule has 0 bridgehead atoms. The van der Waals surface area contributed by atoms with Gasteiger partial charge >= 0.3 is 5.97 Å². The maximum absolute atomic E-state index is 13.2. The van der Waals surface area contributed by atoms with E-state index < -0.39 is 46.7 Å². The van der Waals surface area contributed by atoms with Crippen LogP contribution in [0.5, 0.6) is 0 Å². The Morgan fingerprint density at radius 2 is 1.69 bits per heavy atom. The molecule has 0 radical (unpaired) electrons. The van der Waals surface area contributed by atoms with Crippen molar-refractivity contribution in [2.45, 2.75) is 37.3 Å². The number of rotatable bonds is 5.